The smallest absolute Gasteiger partial charge is 0.422 e. The zero-order valence-electron chi connectivity index (χ0n) is 75.4. The minimum atomic E-state index is -4.42. The molecule has 42 heteroatoms. The molecule has 2 saturated heterocycles. The van der Waals surface area contributed by atoms with Crippen LogP contribution in [0.15, 0.2) is 72.3 Å². The Balaban J connectivity index is 0.938. The lowest BCUT2D eigenvalue weighted by atomic mass is 9.81. The highest BCUT2D eigenvalue weighted by Crippen LogP contribution is 2.44. The molecule has 8 rings (SSSR count). The zero-order valence-corrected chi connectivity index (χ0v) is 77.0. The van der Waals surface area contributed by atoms with Gasteiger partial charge in [-0.15, -0.1) is 11.3 Å². The fourth-order valence-corrected chi connectivity index (χ4v) is 18.1. The minimum absolute atomic E-state index is 0.000910. The Hall–Kier alpha value is -10.3. The molecule has 1 aromatic heterocycles. The average molecular weight is 1850 g/mol. The number of carboxylic acid groups (broad SMARTS) is 1. The molecule has 2 aliphatic carbocycles. The number of urea groups is 1. The monoisotopic (exact) mass is 1850 g/mol. The van der Waals surface area contributed by atoms with Crippen LogP contribution in [-0.4, -0.2) is 294 Å². The summed E-state index contributed by atoms with van der Waals surface area (Å²) in [5, 5.41) is 28.3. The highest BCUT2D eigenvalue weighted by Gasteiger charge is 2.53. The van der Waals surface area contributed by atoms with Crippen molar-refractivity contribution in [2.75, 3.05) is 113 Å². The maximum atomic E-state index is 15.3. The van der Waals surface area contributed by atoms with E-state index in [2.05, 4.69) is 41.6 Å². The largest absolute Gasteiger partial charge is 0.481 e. The van der Waals surface area contributed by atoms with E-state index in [1.54, 1.807) is 68.5 Å². The highest BCUT2D eigenvalue weighted by molar-refractivity contribution is 7.88. The predicted molar refractivity (Wildman–Crippen MR) is 469 cm³/mol. The van der Waals surface area contributed by atoms with Gasteiger partial charge in [0.05, 0.1) is 108 Å². The number of hydrogen-bond donors (Lipinski definition) is 10. The third-order valence-corrected chi connectivity index (χ3v) is 25.8. The van der Waals surface area contributed by atoms with Crippen LogP contribution in [0.2, 0.25) is 0 Å². The number of likely N-dealkylation sites (N-methyl/N-ethyl adjacent to an activating group) is 1. The molecule has 40 nitrogen and oxygen atoms in total. The Kier molecular flexibility index (Phi) is 41.4. The van der Waals surface area contributed by atoms with Gasteiger partial charge < -0.3 is 95.3 Å². The van der Waals surface area contributed by atoms with Crippen molar-refractivity contribution in [1.82, 2.24) is 65.5 Å². The number of nitrogens with zero attached hydrogens (tertiary/aromatic N) is 6. The van der Waals surface area contributed by atoms with Crippen LogP contribution in [0.1, 0.15) is 160 Å². The lowest BCUT2D eigenvalue weighted by Crippen LogP contribution is -2.60. The molecular formula is C87H129N15O25S2. The number of thiazole rings is 1. The molecule has 2 bridgehead atoms. The fraction of sp³-hybridized carbons (Fsp3) is 0.644. The van der Waals surface area contributed by atoms with Gasteiger partial charge in [0.25, 0.3) is 11.8 Å². The van der Waals surface area contributed by atoms with Crippen molar-refractivity contribution in [2.45, 2.75) is 218 Å². The summed E-state index contributed by atoms with van der Waals surface area (Å²) in [4.78, 5) is 202. The summed E-state index contributed by atoms with van der Waals surface area (Å²) in [6.45, 7) is 12.5. The second-order valence-electron chi connectivity index (χ2n) is 33.7. The van der Waals surface area contributed by atoms with Gasteiger partial charge in [0, 0.05) is 102 Å². The lowest BCUT2D eigenvalue weighted by molar-refractivity contribution is -0.148. The normalized spacial score (nSPS) is 19.7. The number of rotatable bonds is 55. The number of fused-ring (bicyclic) bond motifs is 2. The van der Waals surface area contributed by atoms with Crippen LogP contribution in [-0.2, 0) is 120 Å². The fourth-order valence-electron chi connectivity index (χ4n) is 16.7. The van der Waals surface area contributed by atoms with Gasteiger partial charge >= 0.3 is 34.4 Å². The van der Waals surface area contributed by atoms with E-state index >= 15 is 9.59 Å². The summed E-state index contributed by atoms with van der Waals surface area (Å²) in [5.41, 5.74) is 7.18. The van der Waals surface area contributed by atoms with Gasteiger partial charge in [0.1, 0.15) is 41.9 Å². The van der Waals surface area contributed by atoms with Crippen molar-refractivity contribution >= 4 is 110 Å². The average Bonchev–Trinajstić information content (AvgIpc) is 1.56. The molecule has 4 heterocycles. The Morgan fingerprint density at radius 2 is 1.41 bits per heavy atom. The Morgan fingerprint density at radius 1 is 0.736 bits per heavy atom. The van der Waals surface area contributed by atoms with E-state index in [1.807, 2.05) is 49.6 Å². The molecule has 11 N–H and O–H groups in total. The number of aromatic nitrogens is 1. The number of piperidine rings is 1. The number of nitrogens with one attached hydrogen (secondary N) is 8. The summed E-state index contributed by atoms with van der Waals surface area (Å²) < 4.78 is 74.6. The molecule has 5 aliphatic rings. The Labute approximate surface area is 756 Å². The Morgan fingerprint density at radius 3 is 2.05 bits per heavy atom. The van der Waals surface area contributed by atoms with Crippen LogP contribution >= 0.6 is 11.3 Å². The van der Waals surface area contributed by atoms with E-state index in [0.29, 0.717) is 62.6 Å². The number of nitrogens with two attached hydrogens (primary N) is 1. The van der Waals surface area contributed by atoms with Crippen LogP contribution in [0.3, 0.4) is 0 Å². The summed E-state index contributed by atoms with van der Waals surface area (Å²) in [6.07, 6.45) is 2.92. The maximum absolute atomic E-state index is 15.3. The molecule has 4 fully saturated rings. The number of carbonyl (C=O) groups excluding carboxylic acids is 13. The van der Waals surface area contributed by atoms with Crippen molar-refractivity contribution in [1.29, 1.82) is 0 Å². The number of benzene rings is 2. The number of primary amides is 1. The van der Waals surface area contributed by atoms with Gasteiger partial charge in [-0.25, -0.2) is 24.1 Å². The zero-order chi connectivity index (χ0) is 94.2. The predicted octanol–water partition coefficient (Wildman–Crippen LogP) is 3.96. The minimum Gasteiger partial charge on any atom is -0.481 e. The van der Waals surface area contributed by atoms with Crippen LogP contribution in [0.25, 0.3) is 0 Å². The number of amides is 14. The summed E-state index contributed by atoms with van der Waals surface area (Å²) in [6, 6.07) is 6.85. The number of anilines is 1. The van der Waals surface area contributed by atoms with E-state index in [4.69, 9.17) is 48.7 Å². The number of hydrogen-bond acceptors (Lipinski definition) is 26. The first-order valence-corrected chi connectivity index (χ1v) is 46.4. The third-order valence-electron chi connectivity index (χ3n) is 23.9. The van der Waals surface area contributed by atoms with Crippen molar-refractivity contribution in [3.8, 4) is 0 Å². The number of methoxy groups -OCH3 is 2. The van der Waals surface area contributed by atoms with Crippen molar-refractivity contribution < 1.29 is 119 Å². The molecular weight excluding hydrogens is 1720 g/mol. The van der Waals surface area contributed by atoms with Crippen LogP contribution in [0.5, 0.6) is 0 Å². The van der Waals surface area contributed by atoms with E-state index in [1.165, 1.54) is 54.5 Å². The number of likely N-dealkylation sites (tertiary alicyclic amines) is 2. The molecule has 2 aromatic carbocycles. The van der Waals surface area contributed by atoms with Gasteiger partial charge in [0.15, 0.2) is 0 Å². The number of carboxylic acids is 1. The van der Waals surface area contributed by atoms with Crippen LogP contribution < -0.4 is 47.1 Å². The third kappa shape index (κ3) is 31.2. The quantitative estimate of drug-likeness (QED) is 0.0282. The molecule has 0 radical (unpaired) electrons. The molecule has 3 aromatic rings. The second kappa shape index (κ2) is 51.3. The van der Waals surface area contributed by atoms with Gasteiger partial charge in [-0.3, -0.25) is 62.5 Å². The van der Waals surface area contributed by atoms with Crippen molar-refractivity contribution in [3.05, 3.63) is 94.0 Å². The molecule has 129 heavy (non-hydrogen) atoms. The summed E-state index contributed by atoms with van der Waals surface area (Å²) in [7, 11) is 1.73. The van der Waals surface area contributed by atoms with E-state index in [-0.39, 0.29) is 153 Å². The highest BCUT2D eigenvalue weighted by atomic mass is 32.2. The number of ether oxygens (including phenoxy) is 8. The van der Waals surface area contributed by atoms with E-state index in [9.17, 15) is 66.0 Å². The molecule has 3 aliphatic heterocycles. The van der Waals surface area contributed by atoms with E-state index in [0.717, 1.165) is 27.6 Å². The lowest BCUT2D eigenvalue weighted by Gasteiger charge is -2.41. The first-order chi connectivity index (χ1) is 61.5. The standard InChI is InChI=1S/C87H129N15O25S2/c1-12-54(6)75(67(120-10)49-71(106)100-33-17-21-66(100)77(121-11)55(7)78(109)94-65(82-89-32-43-128-82)44-56-18-14-13-15-19-56)99(9)84(114)74(53(4)5)96-81(112)76-57-23-25-62(46-57)102(76)87(117)126-51-58-22-24-61(92-79(110)64(20-16-30-90-85(88)115)93-80(111)73(52(2)3)95-68(103)28-35-122-38-34-101-69(104)26-27-70(101)105)45-60(58)50-98(8)83(113)59-47-63(48-59)127-86(116)97-129(118,119)91-31-37-124-40-42-125-41-39-123-36-29-72(107)108/h13-15,18-19,22,24,26-27,32,43,45,52-55,57,59,62-67,73-77,91H,12,16-17,20-21,23,25,28-31,33-42,44,46-51H2,1-11H3,(H,92,110)(H,93,111)(H,94,109)(H,95,103)(H,96,112)(H,97,116)(H,107,108)(H3,88,90,115)/t54-,55+,57-,59?,62+,63?,64-,65-,66-,67+,73-,74-,75-,76-,77+/m0/s1. The van der Waals surface area contributed by atoms with Gasteiger partial charge in [-0.05, 0) is 117 Å². The molecule has 0 unspecified atom stereocenters. The first kappa shape index (κ1) is 104. The molecule has 714 valence electrons. The topological polar surface area (TPSA) is 519 Å². The summed E-state index contributed by atoms with van der Waals surface area (Å²) in [5.74, 6) is -9.00. The summed E-state index contributed by atoms with van der Waals surface area (Å²) >= 11 is 1.45. The van der Waals surface area contributed by atoms with Crippen LogP contribution in [0.4, 0.5) is 20.1 Å². The van der Waals surface area contributed by atoms with Crippen LogP contribution in [0, 0.1) is 35.5 Å². The second-order valence-corrected chi connectivity index (χ2v) is 36.2. The number of carbonyl (C=O) groups is 14. The van der Waals surface area contributed by atoms with Gasteiger partial charge in [-0.1, -0.05) is 91.3 Å². The van der Waals surface area contributed by atoms with Crippen molar-refractivity contribution in [3.63, 3.8) is 0 Å². The van der Waals surface area contributed by atoms with Gasteiger partial charge in [0.2, 0.25) is 47.3 Å². The SMILES string of the molecule is CC[C@H](C)[C@@H]([C@@H](CC(=O)N1CCC[C@H]1[C@H](OC)[C@@H](C)C(=O)N[C@@H](Cc1ccccc1)c1nccs1)OC)N(C)C(=O)[C@@H](NC(=O)[C@@H]1[C@H]2CC[C@H](C2)N1C(=O)OCc1ccc(NC(=O)[C@H](CCCNC(N)=O)NC(=O)[C@@H](NC(=O)CCOCCN2C(=O)C=CC2=O)C(C)C)cc1CN(C)C(=O)C1CC(OC(=O)NS(=O)(=O)NCCOCCOCCOCCC(=O)O)C1)C(C)C. The molecule has 0 spiro atoms. The molecule has 14 amide bonds. The van der Waals surface area contributed by atoms with E-state index < -0.39 is 179 Å². The van der Waals surface area contributed by atoms with Gasteiger partial charge in [-0.2, -0.15) is 13.1 Å². The number of aliphatic carboxylic acids is 1. The first-order valence-electron chi connectivity index (χ1n) is 44.0. The molecule has 2 saturated carbocycles. The molecule has 13 atom stereocenters. The number of imide groups is 1. The maximum Gasteiger partial charge on any atom is 0.422 e. The van der Waals surface area contributed by atoms with Crippen molar-refractivity contribution in [2.24, 2.45) is 41.2 Å². The Bertz CT molecular complexity index is 4410.